The third kappa shape index (κ3) is 1.96. The molecule has 1 N–H and O–H groups in total. The van der Waals surface area contributed by atoms with Gasteiger partial charge in [0.1, 0.15) is 0 Å². The van der Waals surface area contributed by atoms with Gasteiger partial charge in [0.05, 0.1) is 22.8 Å². The summed E-state index contributed by atoms with van der Waals surface area (Å²) in [7, 11) is 0. The second kappa shape index (κ2) is 5.63. The van der Waals surface area contributed by atoms with Gasteiger partial charge in [-0.15, -0.1) is 0 Å². The van der Waals surface area contributed by atoms with Gasteiger partial charge in [-0.2, -0.15) is 5.10 Å². The zero-order chi connectivity index (χ0) is 18.9. The van der Waals surface area contributed by atoms with Crippen LogP contribution in [0.5, 0.6) is 0 Å². The van der Waals surface area contributed by atoms with Gasteiger partial charge in [0, 0.05) is 18.3 Å². The van der Waals surface area contributed by atoms with Gasteiger partial charge in [-0.05, 0) is 71.1 Å². The summed E-state index contributed by atoms with van der Waals surface area (Å²) >= 11 is 0. The maximum absolute atomic E-state index is 4.86. The SMILES string of the molecule is c1ccc(C2=NNC(c3ccccn3)=C3C4CC(C23)C2c3ccccc3C42)nc1. The van der Waals surface area contributed by atoms with Crippen LogP contribution in [0.3, 0.4) is 0 Å². The Hall–Kier alpha value is -3.27. The summed E-state index contributed by atoms with van der Waals surface area (Å²) in [6, 6.07) is 21.3. The van der Waals surface area contributed by atoms with Crippen molar-refractivity contribution < 1.29 is 0 Å². The zero-order valence-corrected chi connectivity index (χ0v) is 15.9. The van der Waals surface area contributed by atoms with E-state index in [-0.39, 0.29) is 0 Å². The quantitative estimate of drug-likeness (QED) is 0.677. The van der Waals surface area contributed by atoms with E-state index in [1.807, 2.05) is 24.5 Å². The number of benzene rings is 1. The average Bonchev–Trinajstić information content (AvgIpc) is 3.31. The van der Waals surface area contributed by atoms with Crippen molar-refractivity contribution in [1.82, 2.24) is 15.4 Å². The first kappa shape index (κ1) is 15.6. The van der Waals surface area contributed by atoms with Crippen molar-refractivity contribution in [2.75, 3.05) is 0 Å². The summed E-state index contributed by atoms with van der Waals surface area (Å²) in [6.07, 6.45) is 4.96. The fourth-order valence-electron chi connectivity index (χ4n) is 6.47. The molecular formula is C25H20N4. The molecule has 2 fully saturated rings. The van der Waals surface area contributed by atoms with Crippen molar-refractivity contribution in [1.29, 1.82) is 0 Å². The zero-order valence-electron chi connectivity index (χ0n) is 15.9. The van der Waals surface area contributed by atoms with E-state index in [9.17, 15) is 0 Å². The van der Waals surface area contributed by atoms with Gasteiger partial charge in [-0.1, -0.05) is 36.4 Å². The number of hydrazone groups is 1. The van der Waals surface area contributed by atoms with Crippen molar-refractivity contribution in [3.8, 4) is 0 Å². The van der Waals surface area contributed by atoms with Gasteiger partial charge in [-0.25, -0.2) is 0 Å². The molecule has 5 atom stereocenters. The number of hydrogen-bond acceptors (Lipinski definition) is 4. The molecule has 2 saturated carbocycles. The third-order valence-electron chi connectivity index (χ3n) is 7.40. The predicted molar refractivity (Wildman–Crippen MR) is 112 cm³/mol. The predicted octanol–water partition coefficient (Wildman–Crippen LogP) is 4.34. The van der Waals surface area contributed by atoms with Crippen LogP contribution in [0.1, 0.15) is 40.8 Å². The molecule has 0 radical (unpaired) electrons. The summed E-state index contributed by atoms with van der Waals surface area (Å²) in [6.45, 7) is 0. The molecule has 4 aliphatic rings. The normalized spacial score (nSPS) is 30.6. The molecule has 0 amide bonds. The van der Waals surface area contributed by atoms with E-state index in [1.54, 1.807) is 11.1 Å². The minimum Gasteiger partial charge on any atom is -0.276 e. The lowest BCUT2D eigenvalue weighted by Crippen LogP contribution is -2.41. The van der Waals surface area contributed by atoms with Crippen molar-refractivity contribution >= 4 is 11.4 Å². The lowest BCUT2D eigenvalue weighted by Gasteiger charge is -2.48. The summed E-state index contributed by atoms with van der Waals surface area (Å²) in [5.41, 5.74) is 12.2. The number of pyridine rings is 2. The van der Waals surface area contributed by atoms with Crippen LogP contribution in [-0.4, -0.2) is 15.7 Å². The first-order chi connectivity index (χ1) is 14.4. The summed E-state index contributed by atoms with van der Waals surface area (Å²) < 4.78 is 0. The number of rotatable bonds is 2. The lowest BCUT2D eigenvalue weighted by molar-refractivity contribution is 0.339. The van der Waals surface area contributed by atoms with Crippen LogP contribution in [0.25, 0.3) is 5.70 Å². The monoisotopic (exact) mass is 376 g/mol. The maximum Gasteiger partial charge on any atom is 0.0938 e. The third-order valence-corrected chi connectivity index (χ3v) is 7.40. The van der Waals surface area contributed by atoms with Gasteiger partial charge >= 0.3 is 0 Å². The Labute approximate surface area is 169 Å². The molecule has 140 valence electrons. The smallest absolute Gasteiger partial charge is 0.0938 e. The number of nitrogens with zero attached hydrogens (tertiary/aromatic N) is 3. The van der Waals surface area contributed by atoms with Gasteiger partial charge in [0.2, 0.25) is 0 Å². The van der Waals surface area contributed by atoms with Crippen molar-refractivity contribution in [3.63, 3.8) is 0 Å². The molecule has 5 unspecified atom stereocenters. The molecule has 1 aromatic carbocycles. The maximum atomic E-state index is 4.86. The molecule has 29 heavy (non-hydrogen) atoms. The Morgan fingerprint density at radius 2 is 1.45 bits per heavy atom. The average molecular weight is 376 g/mol. The Morgan fingerprint density at radius 3 is 2.17 bits per heavy atom. The molecule has 4 heteroatoms. The topological polar surface area (TPSA) is 50.2 Å². The van der Waals surface area contributed by atoms with E-state index in [1.165, 1.54) is 12.0 Å². The molecular weight excluding hydrogens is 356 g/mol. The van der Waals surface area contributed by atoms with E-state index in [4.69, 9.17) is 5.10 Å². The molecule has 0 saturated heterocycles. The standard InChI is InChI=1S/C25H20N4/c1-2-8-15-14(7-1)20-16-13-17(21(15)20)23-22(16)24(18-9-3-5-11-26-18)28-29-25(23)19-10-4-6-12-27-19/h1-12,16-17,20-22,29H,13H2. The molecule has 0 spiro atoms. The summed E-state index contributed by atoms with van der Waals surface area (Å²) in [5.74, 6) is 2.77. The Balaban J connectivity index is 1.42. The molecule has 4 nitrogen and oxygen atoms in total. The number of allylic oxidation sites excluding steroid dienone is 1. The Kier molecular flexibility index (Phi) is 3.03. The highest BCUT2D eigenvalue weighted by molar-refractivity contribution is 6.05. The van der Waals surface area contributed by atoms with Gasteiger partial charge in [0.25, 0.3) is 0 Å². The minimum absolute atomic E-state index is 0.322. The highest BCUT2D eigenvalue weighted by Crippen LogP contribution is 2.72. The molecule has 3 aromatic rings. The largest absolute Gasteiger partial charge is 0.276 e. The number of hydrogen-bond donors (Lipinski definition) is 1. The first-order valence-corrected chi connectivity index (χ1v) is 10.4. The van der Waals surface area contributed by atoms with Crippen molar-refractivity contribution in [2.24, 2.45) is 22.9 Å². The van der Waals surface area contributed by atoms with Crippen LogP contribution in [0.2, 0.25) is 0 Å². The summed E-state index contributed by atoms with van der Waals surface area (Å²) in [5, 5.41) is 4.86. The Bertz CT molecular complexity index is 1180. The van der Waals surface area contributed by atoms with E-state index in [0.29, 0.717) is 29.6 Å². The van der Waals surface area contributed by atoms with Crippen LogP contribution in [-0.2, 0) is 0 Å². The van der Waals surface area contributed by atoms with Crippen LogP contribution in [0.15, 0.2) is 83.7 Å². The van der Waals surface area contributed by atoms with Crippen LogP contribution < -0.4 is 5.43 Å². The molecule has 2 bridgehead atoms. The highest BCUT2D eigenvalue weighted by Gasteiger charge is 2.63. The van der Waals surface area contributed by atoms with Gasteiger partial charge < -0.3 is 0 Å². The van der Waals surface area contributed by atoms with E-state index in [2.05, 4.69) is 63.9 Å². The molecule has 2 aromatic heterocycles. The van der Waals surface area contributed by atoms with Gasteiger partial charge in [0.15, 0.2) is 0 Å². The highest BCUT2D eigenvalue weighted by atomic mass is 15.3. The fourth-order valence-corrected chi connectivity index (χ4v) is 6.47. The molecule has 7 rings (SSSR count). The van der Waals surface area contributed by atoms with E-state index >= 15 is 0 Å². The van der Waals surface area contributed by atoms with E-state index in [0.717, 1.165) is 22.8 Å². The molecule has 3 heterocycles. The first-order valence-electron chi connectivity index (χ1n) is 10.4. The van der Waals surface area contributed by atoms with Crippen LogP contribution in [0.4, 0.5) is 0 Å². The Morgan fingerprint density at radius 1 is 0.759 bits per heavy atom. The van der Waals surface area contributed by atoms with Crippen LogP contribution >= 0.6 is 0 Å². The van der Waals surface area contributed by atoms with Gasteiger partial charge in [-0.3, -0.25) is 15.4 Å². The number of aromatic nitrogens is 2. The molecule has 1 aliphatic heterocycles. The fraction of sp³-hybridized carbons (Fsp3) is 0.240. The second-order valence-electron chi connectivity index (χ2n) is 8.53. The second-order valence-corrected chi connectivity index (χ2v) is 8.53. The van der Waals surface area contributed by atoms with Crippen LogP contribution in [0, 0.1) is 17.8 Å². The van der Waals surface area contributed by atoms with Crippen molar-refractivity contribution in [2.45, 2.75) is 18.3 Å². The molecule has 3 aliphatic carbocycles. The number of nitrogens with one attached hydrogen (secondary N) is 1. The summed E-state index contributed by atoms with van der Waals surface area (Å²) in [4.78, 5) is 9.29. The number of fused-ring (bicyclic) bond motifs is 11. The minimum atomic E-state index is 0.322. The van der Waals surface area contributed by atoms with E-state index < -0.39 is 0 Å². The lowest BCUT2D eigenvalue weighted by atomic mass is 9.56. The van der Waals surface area contributed by atoms with Crippen molar-refractivity contribution in [3.05, 3.63) is 101 Å².